The molecule has 368 valence electrons. The molecule has 0 saturated heterocycles. The lowest BCUT2D eigenvalue weighted by molar-refractivity contribution is 0.396. The van der Waals surface area contributed by atoms with E-state index in [1.807, 2.05) is 0 Å². The zero-order valence-corrected chi connectivity index (χ0v) is 42.8. The van der Waals surface area contributed by atoms with Crippen LogP contribution in [0.25, 0.3) is 0 Å². The molecule has 8 aromatic rings. The monoisotopic (exact) mass is 960 g/mol. The maximum atomic E-state index is 6.26. The molecule has 16 bridgehead atoms. The van der Waals surface area contributed by atoms with E-state index < -0.39 is 0 Å². The van der Waals surface area contributed by atoms with Crippen molar-refractivity contribution in [3.8, 4) is 46.0 Å². The van der Waals surface area contributed by atoms with E-state index >= 15 is 0 Å². The van der Waals surface area contributed by atoms with Crippen LogP contribution < -0.4 is 37.9 Å². The Bertz CT molecular complexity index is 2400. The molecule has 0 aliphatic heterocycles. The molecule has 0 N–H and O–H groups in total. The van der Waals surface area contributed by atoms with Gasteiger partial charge in [-0.25, -0.2) is 0 Å². The standard InChI is InChI=1S/C64H64O8/c1-65-57-41-17-9-18-42(57)34-44-20-11-22-46(59(44)67-3)36-48-24-13-26-50(61(48)69-5)38-52-28-15-30-54(63(52)71-7)40-56-32-16-31-55(64(56)72-8)39-53-29-14-27-51(62(53)70-6)37-49-25-12-23-47(60(49)68-4)35-45-21-10-19-43(33-41)58(45)66-2/h9-32H,33-40H2,1-8H3. The van der Waals surface area contributed by atoms with Crippen LogP contribution in [0.1, 0.15) is 89.0 Å². The summed E-state index contributed by atoms with van der Waals surface area (Å²) in [5.74, 6) is 6.77. The Balaban J connectivity index is 1.17. The zero-order valence-electron chi connectivity index (χ0n) is 42.8. The fourth-order valence-electron chi connectivity index (χ4n) is 11.1. The number of methoxy groups -OCH3 is 8. The topological polar surface area (TPSA) is 73.8 Å². The SMILES string of the molecule is COc1c2cccc1Cc1cccc(c1OC)Cc1cccc(c1OC)Cc1cccc(c1OC)Cc1cccc(c1OC)Cc1cccc(c1OC)Cc1cccc(c1OC)Cc1cccc(c1OC)C2. The summed E-state index contributed by atoms with van der Waals surface area (Å²) in [6.07, 6.45) is 4.90. The van der Waals surface area contributed by atoms with Crippen molar-refractivity contribution in [3.63, 3.8) is 0 Å². The van der Waals surface area contributed by atoms with E-state index in [9.17, 15) is 0 Å². The van der Waals surface area contributed by atoms with Crippen molar-refractivity contribution in [2.24, 2.45) is 0 Å². The van der Waals surface area contributed by atoms with Gasteiger partial charge in [-0.3, -0.25) is 0 Å². The summed E-state index contributed by atoms with van der Waals surface area (Å²) >= 11 is 0. The van der Waals surface area contributed by atoms with Crippen LogP contribution >= 0.6 is 0 Å². The summed E-state index contributed by atoms with van der Waals surface area (Å²) < 4.78 is 50.1. The summed E-state index contributed by atoms with van der Waals surface area (Å²) in [5, 5.41) is 0. The maximum absolute atomic E-state index is 6.26. The first-order valence-electron chi connectivity index (χ1n) is 24.5. The molecule has 1 aliphatic carbocycles. The van der Waals surface area contributed by atoms with E-state index in [1.54, 1.807) is 56.9 Å². The van der Waals surface area contributed by atoms with Crippen molar-refractivity contribution < 1.29 is 37.9 Å². The Labute approximate surface area is 425 Å². The molecule has 0 spiro atoms. The van der Waals surface area contributed by atoms with Gasteiger partial charge in [0.25, 0.3) is 0 Å². The first-order chi connectivity index (χ1) is 35.3. The van der Waals surface area contributed by atoms with E-state index in [4.69, 9.17) is 37.9 Å². The number of benzene rings is 8. The number of fused-ring (bicyclic) bond motifs is 16. The molecule has 0 amide bonds. The van der Waals surface area contributed by atoms with Gasteiger partial charge in [-0.15, -0.1) is 0 Å². The summed E-state index contributed by atoms with van der Waals surface area (Å²) in [4.78, 5) is 0. The summed E-state index contributed by atoms with van der Waals surface area (Å²) in [5.41, 5.74) is 17.1. The number of para-hydroxylation sites is 8. The summed E-state index contributed by atoms with van der Waals surface area (Å²) in [6, 6.07) is 51.2. The number of hydrogen-bond donors (Lipinski definition) is 0. The van der Waals surface area contributed by atoms with Gasteiger partial charge in [0.05, 0.1) is 56.9 Å². The third-order valence-electron chi connectivity index (χ3n) is 14.1. The highest BCUT2D eigenvalue weighted by Crippen LogP contribution is 2.41. The van der Waals surface area contributed by atoms with Crippen LogP contribution in [0.15, 0.2) is 146 Å². The highest BCUT2D eigenvalue weighted by Gasteiger charge is 2.23. The molecule has 72 heavy (non-hydrogen) atoms. The Morgan fingerprint density at radius 2 is 0.250 bits per heavy atom. The van der Waals surface area contributed by atoms with E-state index in [2.05, 4.69) is 146 Å². The fraction of sp³-hybridized carbons (Fsp3) is 0.250. The van der Waals surface area contributed by atoms with Gasteiger partial charge in [0.2, 0.25) is 0 Å². The van der Waals surface area contributed by atoms with Crippen molar-refractivity contribution in [2.75, 3.05) is 56.9 Å². The van der Waals surface area contributed by atoms with Crippen LogP contribution in [0.4, 0.5) is 0 Å². The van der Waals surface area contributed by atoms with E-state index in [0.29, 0.717) is 51.4 Å². The predicted molar refractivity (Wildman–Crippen MR) is 286 cm³/mol. The second-order valence-corrected chi connectivity index (χ2v) is 18.3. The molecule has 9 rings (SSSR count). The molecule has 0 saturated carbocycles. The minimum atomic E-state index is 0.612. The van der Waals surface area contributed by atoms with Crippen LogP contribution in [0.2, 0.25) is 0 Å². The molecule has 8 aromatic carbocycles. The van der Waals surface area contributed by atoms with Crippen LogP contribution in [0.3, 0.4) is 0 Å². The Kier molecular flexibility index (Phi) is 15.4. The third kappa shape index (κ3) is 10.0. The lowest BCUT2D eigenvalue weighted by Gasteiger charge is -2.20. The molecule has 8 heteroatoms. The number of ether oxygens (including phenoxy) is 8. The van der Waals surface area contributed by atoms with Gasteiger partial charge in [0.1, 0.15) is 46.0 Å². The number of hydrogen-bond acceptors (Lipinski definition) is 8. The van der Waals surface area contributed by atoms with Crippen LogP contribution in [0.5, 0.6) is 46.0 Å². The molecule has 8 nitrogen and oxygen atoms in total. The van der Waals surface area contributed by atoms with Crippen LogP contribution in [-0.4, -0.2) is 56.9 Å². The lowest BCUT2D eigenvalue weighted by Crippen LogP contribution is -2.06. The normalized spacial score (nSPS) is 12.6. The largest absolute Gasteiger partial charge is 0.496 e. The van der Waals surface area contributed by atoms with Crippen molar-refractivity contribution in [1.29, 1.82) is 0 Å². The number of rotatable bonds is 8. The van der Waals surface area contributed by atoms with Gasteiger partial charge in [-0.05, 0) is 89.0 Å². The first-order valence-corrected chi connectivity index (χ1v) is 24.5. The minimum absolute atomic E-state index is 0.612. The average Bonchev–Trinajstić information content (AvgIpc) is 3.39. The molecular weight excluding hydrogens is 897 g/mol. The first kappa shape index (κ1) is 49.2. The molecule has 0 heterocycles. The Morgan fingerprint density at radius 3 is 0.319 bits per heavy atom. The lowest BCUT2D eigenvalue weighted by atomic mass is 9.91. The molecule has 0 unspecified atom stereocenters. The van der Waals surface area contributed by atoms with Gasteiger partial charge in [-0.2, -0.15) is 0 Å². The van der Waals surface area contributed by atoms with Crippen LogP contribution in [0, 0.1) is 0 Å². The van der Waals surface area contributed by atoms with Gasteiger partial charge in [-0.1, -0.05) is 146 Å². The van der Waals surface area contributed by atoms with E-state index in [1.165, 1.54) is 0 Å². The Morgan fingerprint density at radius 1 is 0.167 bits per heavy atom. The highest BCUT2D eigenvalue weighted by molar-refractivity contribution is 5.58. The highest BCUT2D eigenvalue weighted by atomic mass is 16.5. The predicted octanol–water partition coefficient (Wildman–Crippen LogP) is 12.8. The van der Waals surface area contributed by atoms with Crippen molar-refractivity contribution in [2.45, 2.75) is 51.4 Å². The minimum Gasteiger partial charge on any atom is -0.496 e. The van der Waals surface area contributed by atoms with Crippen molar-refractivity contribution in [1.82, 2.24) is 0 Å². The molecule has 1 aliphatic rings. The van der Waals surface area contributed by atoms with Gasteiger partial charge in [0, 0.05) is 51.4 Å². The van der Waals surface area contributed by atoms with Gasteiger partial charge < -0.3 is 37.9 Å². The second-order valence-electron chi connectivity index (χ2n) is 18.3. The summed E-state index contributed by atoms with van der Waals surface area (Å²) in [6.45, 7) is 0. The molecule has 0 radical (unpaired) electrons. The molecular formula is C64H64O8. The second kappa shape index (κ2) is 22.5. The fourth-order valence-corrected chi connectivity index (χ4v) is 11.1. The van der Waals surface area contributed by atoms with Crippen molar-refractivity contribution >= 4 is 0 Å². The molecule has 0 atom stereocenters. The molecule has 0 fully saturated rings. The van der Waals surface area contributed by atoms with Crippen LogP contribution in [-0.2, 0) is 51.4 Å². The average molecular weight is 961 g/mol. The van der Waals surface area contributed by atoms with Crippen molar-refractivity contribution in [3.05, 3.63) is 235 Å². The van der Waals surface area contributed by atoms with E-state index in [0.717, 1.165) is 135 Å². The smallest absolute Gasteiger partial charge is 0.125 e. The third-order valence-corrected chi connectivity index (χ3v) is 14.1. The Hall–Kier alpha value is -7.84. The quantitative estimate of drug-likeness (QED) is 0.149. The zero-order chi connectivity index (χ0) is 50.1. The van der Waals surface area contributed by atoms with E-state index in [-0.39, 0.29) is 0 Å². The molecule has 0 aromatic heterocycles. The van der Waals surface area contributed by atoms with Gasteiger partial charge in [0.15, 0.2) is 0 Å². The summed E-state index contributed by atoms with van der Waals surface area (Å²) in [7, 11) is 14.0. The van der Waals surface area contributed by atoms with Gasteiger partial charge >= 0.3 is 0 Å². The maximum Gasteiger partial charge on any atom is 0.125 e.